The van der Waals surface area contributed by atoms with E-state index in [0.717, 1.165) is 12.0 Å². The van der Waals surface area contributed by atoms with E-state index in [1.54, 1.807) is 12.4 Å². The van der Waals surface area contributed by atoms with Gasteiger partial charge < -0.3 is 5.32 Å². The standard InChI is InChI=1S/C11H14N6O2/c1-3-4-12-10-9(17(18)19)11(14-7-13-10)16-6-8(2)5-15-16/h5-7H,3-4H2,1-2H3,(H,12,13,14). The van der Waals surface area contributed by atoms with Gasteiger partial charge in [0, 0.05) is 12.7 Å². The lowest BCUT2D eigenvalue weighted by molar-refractivity contribution is -0.384. The monoisotopic (exact) mass is 262 g/mol. The van der Waals surface area contributed by atoms with Crippen LogP contribution in [0.25, 0.3) is 5.82 Å². The van der Waals surface area contributed by atoms with Gasteiger partial charge >= 0.3 is 5.69 Å². The van der Waals surface area contributed by atoms with Crippen LogP contribution in [0.1, 0.15) is 18.9 Å². The van der Waals surface area contributed by atoms with Crippen LogP contribution in [-0.4, -0.2) is 31.2 Å². The van der Waals surface area contributed by atoms with Gasteiger partial charge in [-0.3, -0.25) is 10.1 Å². The van der Waals surface area contributed by atoms with Crippen molar-refractivity contribution in [3.63, 3.8) is 0 Å². The highest BCUT2D eigenvalue weighted by molar-refractivity contribution is 5.63. The summed E-state index contributed by atoms with van der Waals surface area (Å²) in [4.78, 5) is 18.6. The van der Waals surface area contributed by atoms with Crippen LogP contribution in [0.5, 0.6) is 0 Å². The summed E-state index contributed by atoms with van der Waals surface area (Å²) in [5, 5.41) is 18.2. The number of hydrogen-bond acceptors (Lipinski definition) is 6. The molecule has 2 rings (SSSR count). The smallest absolute Gasteiger partial charge is 0.355 e. The van der Waals surface area contributed by atoms with Crippen molar-refractivity contribution in [2.24, 2.45) is 0 Å². The first kappa shape index (κ1) is 12.9. The van der Waals surface area contributed by atoms with Crippen molar-refractivity contribution >= 4 is 11.5 Å². The zero-order valence-electron chi connectivity index (χ0n) is 10.7. The van der Waals surface area contributed by atoms with Crippen molar-refractivity contribution in [2.75, 3.05) is 11.9 Å². The number of hydrogen-bond donors (Lipinski definition) is 1. The van der Waals surface area contributed by atoms with Gasteiger partial charge in [-0.1, -0.05) is 6.92 Å². The lowest BCUT2D eigenvalue weighted by Crippen LogP contribution is -2.10. The summed E-state index contributed by atoms with van der Waals surface area (Å²) >= 11 is 0. The lowest BCUT2D eigenvalue weighted by atomic mass is 10.4. The van der Waals surface area contributed by atoms with Crippen LogP contribution in [0.3, 0.4) is 0 Å². The molecule has 0 fully saturated rings. The molecule has 19 heavy (non-hydrogen) atoms. The van der Waals surface area contributed by atoms with Crippen molar-refractivity contribution in [3.05, 3.63) is 34.4 Å². The molecule has 0 aliphatic carbocycles. The van der Waals surface area contributed by atoms with Gasteiger partial charge in [-0.25, -0.2) is 14.6 Å². The fraction of sp³-hybridized carbons (Fsp3) is 0.364. The highest BCUT2D eigenvalue weighted by Crippen LogP contribution is 2.27. The predicted molar refractivity (Wildman–Crippen MR) is 69.3 cm³/mol. The Morgan fingerprint density at radius 3 is 2.84 bits per heavy atom. The largest absolute Gasteiger partial charge is 0.364 e. The Morgan fingerprint density at radius 2 is 2.26 bits per heavy atom. The Bertz CT molecular complexity index is 595. The minimum Gasteiger partial charge on any atom is -0.364 e. The van der Waals surface area contributed by atoms with E-state index >= 15 is 0 Å². The summed E-state index contributed by atoms with van der Waals surface area (Å²) in [6.07, 6.45) is 5.43. The summed E-state index contributed by atoms with van der Waals surface area (Å²) in [5.41, 5.74) is 0.732. The number of nitrogens with one attached hydrogen (secondary N) is 1. The number of anilines is 1. The molecule has 2 aromatic rings. The number of nitrogens with zero attached hydrogens (tertiary/aromatic N) is 5. The van der Waals surface area contributed by atoms with Crippen LogP contribution in [0.15, 0.2) is 18.7 Å². The molecule has 0 bridgehead atoms. The summed E-state index contributed by atoms with van der Waals surface area (Å²) in [5.74, 6) is 0.372. The second-order valence-electron chi connectivity index (χ2n) is 4.04. The van der Waals surface area contributed by atoms with Gasteiger partial charge in [-0.2, -0.15) is 5.10 Å². The number of aryl methyl sites for hydroxylation is 1. The SMILES string of the molecule is CCCNc1ncnc(-n2cc(C)cn2)c1[N+](=O)[O-]. The molecule has 2 heterocycles. The first-order valence-electron chi connectivity index (χ1n) is 5.88. The average Bonchev–Trinajstić information content (AvgIpc) is 2.82. The fourth-order valence-corrected chi connectivity index (χ4v) is 1.61. The molecule has 8 nitrogen and oxygen atoms in total. The van der Waals surface area contributed by atoms with Crippen LogP contribution in [0, 0.1) is 17.0 Å². The molecule has 0 amide bonds. The molecule has 0 aliphatic heterocycles. The topological polar surface area (TPSA) is 98.8 Å². The number of nitro groups is 1. The van der Waals surface area contributed by atoms with E-state index in [-0.39, 0.29) is 17.3 Å². The maximum absolute atomic E-state index is 11.2. The van der Waals surface area contributed by atoms with Crippen LogP contribution < -0.4 is 5.32 Å². The van der Waals surface area contributed by atoms with Crippen molar-refractivity contribution in [2.45, 2.75) is 20.3 Å². The van der Waals surface area contributed by atoms with Gasteiger partial charge in [0.15, 0.2) is 0 Å². The molecule has 0 unspecified atom stereocenters. The van der Waals surface area contributed by atoms with Crippen molar-refractivity contribution in [3.8, 4) is 5.82 Å². The summed E-state index contributed by atoms with van der Waals surface area (Å²) in [6, 6.07) is 0. The molecule has 1 N–H and O–H groups in total. The summed E-state index contributed by atoms with van der Waals surface area (Å²) in [6.45, 7) is 4.43. The quantitative estimate of drug-likeness (QED) is 0.650. The van der Waals surface area contributed by atoms with Gasteiger partial charge in [-0.15, -0.1) is 0 Å². The molecule has 0 spiro atoms. The first-order valence-corrected chi connectivity index (χ1v) is 5.88. The second-order valence-corrected chi connectivity index (χ2v) is 4.04. The molecule has 8 heteroatoms. The van der Waals surface area contributed by atoms with E-state index in [4.69, 9.17) is 0 Å². The number of aromatic nitrogens is 4. The first-order chi connectivity index (χ1) is 9.13. The molecule has 0 radical (unpaired) electrons. The minimum atomic E-state index is -0.496. The molecule has 0 aromatic carbocycles. The third-order valence-electron chi connectivity index (χ3n) is 2.46. The van der Waals surface area contributed by atoms with Gasteiger partial charge in [0.1, 0.15) is 6.33 Å². The Labute approximate surface area is 109 Å². The van der Waals surface area contributed by atoms with Gasteiger partial charge in [-0.05, 0) is 18.9 Å². The van der Waals surface area contributed by atoms with E-state index < -0.39 is 4.92 Å². The Morgan fingerprint density at radius 1 is 1.47 bits per heavy atom. The molecule has 0 saturated carbocycles. The van der Waals surface area contributed by atoms with Crippen LogP contribution in [0.2, 0.25) is 0 Å². The lowest BCUT2D eigenvalue weighted by Gasteiger charge is -2.07. The maximum Gasteiger partial charge on any atom is 0.355 e. The zero-order chi connectivity index (χ0) is 13.8. The van der Waals surface area contributed by atoms with Crippen molar-refractivity contribution in [1.82, 2.24) is 19.7 Å². The summed E-state index contributed by atoms with van der Waals surface area (Å²) in [7, 11) is 0. The molecule has 2 aromatic heterocycles. The zero-order valence-corrected chi connectivity index (χ0v) is 10.7. The molecular weight excluding hydrogens is 248 g/mol. The minimum absolute atomic E-state index is 0.159. The molecule has 0 saturated heterocycles. The van der Waals surface area contributed by atoms with E-state index in [1.807, 2.05) is 13.8 Å². The Kier molecular flexibility index (Phi) is 3.69. The normalized spacial score (nSPS) is 10.4. The average molecular weight is 262 g/mol. The van der Waals surface area contributed by atoms with Crippen LogP contribution in [0.4, 0.5) is 11.5 Å². The Hall–Kier alpha value is -2.51. The molecule has 0 aliphatic rings. The molecule has 0 atom stereocenters. The van der Waals surface area contributed by atoms with E-state index in [1.165, 1.54) is 11.0 Å². The van der Waals surface area contributed by atoms with Crippen LogP contribution in [-0.2, 0) is 0 Å². The predicted octanol–water partition coefficient (Wildman–Crippen LogP) is 1.70. The van der Waals surface area contributed by atoms with Gasteiger partial charge in [0.05, 0.1) is 11.1 Å². The summed E-state index contributed by atoms with van der Waals surface area (Å²) < 4.78 is 1.38. The third-order valence-corrected chi connectivity index (χ3v) is 2.46. The van der Waals surface area contributed by atoms with E-state index in [2.05, 4.69) is 20.4 Å². The molecular formula is C11H14N6O2. The van der Waals surface area contributed by atoms with Gasteiger partial charge in [0.2, 0.25) is 11.6 Å². The third kappa shape index (κ3) is 2.67. The highest BCUT2D eigenvalue weighted by Gasteiger charge is 2.24. The van der Waals surface area contributed by atoms with Crippen molar-refractivity contribution in [1.29, 1.82) is 0 Å². The second kappa shape index (κ2) is 5.42. The highest BCUT2D eigenvalue weighted by atomic mass is 16.6. The number of rotatable bonds is 5. The van der Waals surface area contributed by atoms with E-state index in [0.29, 0.717) is 6.54 Å². The Balaban J connectivity index is 2.51. The van der Waals surface area contributed by atoms with Crippen molar-refractivity contribution < 1.29 is 4.92 Å². The fourth-order valence-electron chi connectivity index (χ4n) is 1.61. The van der Waals surface area contributed by atoms with Gasteiger partial charge in [0.25, 0.3) is 0 Å². The molecule has 100 valence electrons. The maximum atomic E-state index is 11.2. The van der Waals surface area contributed by atoms with Crippen LogP contribution >= 0.6 is 0 Å². The van der Waals surface area contributed by atoms with E-state index in [9.17, 15) is 10.1 Å².